The lowest BCUT2D eigenvalue weighted by molar-refractivity contribution is -0.144. The number of hydrogen-bond acceptors (Lipinski definition) is 5. The highest BCUT2D eigenvalue weighted by Gasteiger charge is 2.29. The molecular weight excluding hydrogens is 298 g/mol. The van der Waals surface area contributed by atoms with Crippen LogP contribution in [-0.2, 0) is 9.59 Å². The molecule has 0 saturated heterocycles. The summed E-state index contributed by atoms with van der Waals surface area (Å²) in [6.45, 7) is 1.49. The van der Waals surface area contributed by atoms with Crippen molar-refractivity contribution in [3.8, 4) is 17.2 Å². The summed E-state index contributed by atoms with van der Waals surface area (Å²) in [5.74, 6) is 0.675. The molecule has 1 amide bonds. The van der Waals surface area contributed by atoms with Crippen molar-refractivity contribution in [3.05, 3.63) is 48.5 Å². The molecular formula is C17H15NO5. The number of rotatable bonds is 3. The molecule has 3 rings (SSSR count). The maximum Gasteiger partial charge on any atom is 0.356 e. The number of esters is 1. The number of anilines is 1. The van der Waals surface area contributed by atoms with E-state index < -0.39 is 12.1 Å². The molecule has 0 bridgehead atoms. The SMILES string of the molecule is CC(=O)Nc1cccc(OC(=O)[C@@H]2COc3ccccc3O2)c1. The Morgan fingerprint density at radius 3 is 2.70 bits per heavy atom. The van der Waals surface area contributed by atoms with Gasteiger partial charge in [0, 0.05) is 18.7 Å². The van der Waals surface area contributed by atoms with E-state index in [1.807, 2.05) is 6.07 Å². The van der Waals surface area contributed by atoms with Crippen LogP contribution in [0.15, 0.2) is 48.5 Å². The summed E-state index contributed by atoms with van der Waals surface area (Å²) in [7, 11) is 0. The summed E-state index contributed by atoms with van der Waals surface area (Å²) in [6.07, 6.45) is -0.839. The van der Waals surface area contributed by atoms with Gasteiger partial charge in [0.25, 0.3) is 0 Å². The number of carbonyl (C=O) groups is 2. The zero-order valence-corrected chi connectivity index (χ0v) is 12.4. The van der Waals surface area contributed by atoms with Crippen LogP contribution in [0.1, 0.15) is 6.92 Å². The summed E-state index contributed by atoms with van der Waals surface area (Å²) < 4.78 is 16.4. The summed E-state index contributed by atoms with van der Waals surface area (Å²) in [4.78, 5) is 23.3. The number of benzene rings is 2. The van der Waals surface area contributed by atoms with Crippen molar-refractivity contribution in [2.75, 3.05) is 11.9 Å². The molecule has 6 nitrogen and oxygen atoms in total. The van der Waals surface area contributed by atoms with Gasteiger partial charge in [0.05, 0.1) is 0 Å². The van der Waals surface area contributed by atoms with Gasteiger partial charge in [-0.2, -0.15) is 0 Å². The van der Waals surface area contributed by atoms with Gasteiger partial charge >= 0.3 is 5.97 Å². The van der Waals surface area contributed by atoms with Crippen LogP contribution in [0.25, 0.3) is 0 Å². The van der Waals surface area contributed by atoms with Crippen LogP contribution in [0, 0.1) is 0 Å². The lowest BCUT2D eigenvalue weighted by Crippen LogP contribution is -2.39. The molecule has 1 aliphatic heterocycles. The standard InChI is InChI=1S/C17H15NO5/c1-11(19)18-12-5-4-6-13(9-12)22-17(20)16-10-21-14-7-2-3-8-15(14)23-16/h2-9,16H,10H2,1H3,(H,18,19)/t16-/m0/s1. The molecule has 1 aliphatic rings. The maximum absolute atomic E-state index is 12.2. The van der Waals surface area contributed by atoms with E-state index in [0.29, 0.717) is 22.9 Å². The molecule has 2 aromatic rings. The molecule has 23 heavy (non-hydrogen) atoms. The fraction of sp³-hybridized carbons (Fsp3) is 0.176. The highest BCUT2D eigenvalue weighted by molar-refractivity contribution is 5.89. The highest BCUT2D eigenvalue weighted by Crippen LogP contribution is 2.31. The predicted octanol–water partition coefficient (Wildman–Crippen LogP) is 2.39. The van der Waals surface area contributed by atoms with E-state index in [0.717, 1.165) is 0 Å². The highest BCUT2D eigenvalue weighted by atomic mass is 16.6. The van der Waals surface area contributed by atoms with E-state index in [4.69, 9.17) is 14.2 Å². The van der Waals surface area contributed by atoms with Crippen LogP contribution >= 0.6 is 0 Å². The van der Waals surface area contributed by atoms with Gasteiger partial charge in [-0.1, -0.05) is 18.2 Å². The third-order valence-electron chi connectivity index (χ3n) is 3.14. The summed E-state index contributed by atoms with van der Waals surface area (Å²) in [6, 6.07) is 13.7. The monoisotopic (exact) mass is 313 g/mol. The smallest absolute Gasteiger partial charge is 0.356 e. The molecule has 1 atom stereocenters. The Hall–Kier alpha value is -3.02. The fourth-order valence-corrected chi connectivity index (χ4v) is 2.16. The number of amides is 1. The second-order valence-electron chi connectivity index (χ2n) is 4.99. The molecule has 0 aliphatic carbocycles. The number of carbonyl (C=O) groups excluding carboxylic acids is 2. The first-order chi connectivity index (χ1) is 11.1. The third kappa shape index (κ3) is 3.60. The molecule has 0 aromatic heterocycles. The van der Waals surface area contributed by atoms with Crippen molar-refractivity contribution in [3.63, 3.8) is 0 Å². The summed E-state index contributed by atoms with van der Waals surface area (Å²) in [5, 5.41) is 2.62. The molecule has 0 fully saturated rings. The van der Waals surface area contributed by atoms with E-state index in [1.54, 1.807) is 42.5 Å². The number of nitrogens with one attached hydrogen (secondary N) is 1. The molecule has 0 saturated carbocycles. The Labute approximate surface area is 133 Å². The first-order valence-electron chi connectivity index (χ1n) is 7.09. The van der Waals surface area contributed by atoms with Crippen molar-refractivity contribution < 1.29 is 23.8 Å². The van der Waals surface area contributed by atoms with Gasteiger partial charge in [-0.05, 0) is 24.3 Å². The Kier molecular flexibility index (Phi) is 4.14. The average molecular weight is 313 g/mol. The topological polar surface area (TPSA) is 73.9 Å². The maximum atomic E-state index is 12.2. The minimum absolute atomic E-state index is 0.0846. The van der Waals surface area contributed by atoms with Gasteiger partial charge in [-0.15, -0.1) is 0 Å². The number of hydrogen-bond donors (Lipinski definition) is 1. The van der Waals surface area contributed by atoms with Gasteiger partial charge in [0.1, 0.15) is 12.4 Å². The minimum Gasteiger partial charge on any atom is -0.485 e. The molecule has 0 unspecified atom stereocenters. The first-order valence-corrected chi connectivity index (χ1v) is 7.09. The molecule has 6 heteroatoms. The number of ether oxygens (including phenoxy) is 3. The Morgan fingerprint density at radius 2 is 1.91 bits per heavy atom. The second-order valence-corrected chi connectivity index (χ2v) is 4.99. The van der Waals surface area contributed by atoms with Crippen LogP contribution in [0.4, 0.5) is 5.69 Å². The molecule has 2 aromatic carbocycles. The van der Waals surface area contributed by atoms with E-state index in [-0.39, 0.29) is 12.5 Å². The van der Waals surface area contributed by atoms with Crippen LogP contribution in [-0.4, -0.2) is 24.6 Å². The van der Waals surface area contributed by atoms with Crippen LogP contribution in [0.2, 0.25) is 0 Å². The van der Waals surface area contributed by atoms with E-state index in [1.165, 1.54) is 6.92 Å². The zero-order chi connectivity index (χ0) is 16.2. The van der Waals surface area contributed by atoms with Crippen LogP contribution in [0.3, 0.4) is 0 Å². The van der Waals surface area contributed by atoms with E-state index >= 15 is 0 Å². The lowest BCUT2D eigenvalue weighted by atomic mass is 10.2. The predicted molar refractivity (Wildman–Crippen MR) is 82.7 cm³/mol. The normalized spacial score (nSPS) is 15.6. The zero-order valence-electron chi connectivity index (χ0n) is 12.4. The molecule has 1 heterocycles. The van der Waals surface area contributed by atoms with Crippen molar-refractivity contribution in [1.29, 1.82) is 0 Å². The minimum atomic E-state index is -0.839. The summed E-state index contributed by atoms with van der Waals surface area (Å²) in [5.41, 5.74) is 0.550. The van der Waals surface area contributed by atoms with Crippen LogP contribution < -0.4 is 19.5 Å². The second kappa shape index (κ2) is 6.39. The number of para-hydroxylation sites is 2. The summed E-state index contributed by atoms with van der Waals surface area (Å²) >= 11 is 0. The number of fused-ring (bicyclic) bond motifs is 1. The molecule has 1 N–H and O–H groups in total. The Bertz CT molecular complexity index is 743. The average Bonchev–Trinajstić information content (AvgIpc) is 2.54. The quantitative estimate of drug-likeness (QED) is 0.696. The van der Waals surface area contributed by atoms with Gasteiger partial charge in [-0.25, -0.2) is 4.79 Å². The van der Waals surface area contributed by atoms with Gasteiger partial charge in [0.2, 0.25) is 12.0 Å². The third-order valence-corrected chi connectivity index (χ3v) is 3.14. The van der Waals surface area contributed by atoms with Crippen molar-refractivity contribution in [1.82, 2.24) is 0 Å². The molecule has 118 valence electrons. The van der Waals surface area contributed by atoms with E-state index in [9.17, 15) is 9.59 Å². The first kappa shape index (κ1) is 14.9. The van der Waals surface area contributed by atoms with Crippen molar-refractivity contribution in [2.24, 2.45) is 0 Å². The Morgan fingerprint density at radius 1 is 1.13 bits per heavy atom. The largest absolute Gasteiger partial charge is 0.485 e. The van der Waals surface area contributed by atoms with Crippen molar-refractivity contribution in [2.45, 2.75) is 13.0 Å². The Balaban J connectivity index is 1.67. The van der Waals surface area contributed by atoms with Gasteiger partial charge in [-0.3, -0.25) is 4.79 Å². The molecule has 0 radical (unpaired) electrons. The van der Waals surface area contributed by atoms with E-state index in [2.05, 4.69) is 5.32 Å². The van der Waals surface area contributed by atoms with Gasteiger partial charge < -0.3 is 19.5 Å². The fourth-order valence-electron chi connectivity index (χ4n) is 2.16. The van der Waals surface area contributed by atoms with Crippen molar-refractivity contribution >= 4 is 17.6 Å². The van der Waals surface area contributed by atoms with Gasteiger partial charge in [0.15, 0.2) is 11.5 Å². The van der Waals surface area contributed by atoms with Crippen LogP contribution in [0.5, 0.6) is 17.2 Å². The molecule has 0 spiro atoms. The lowest BCUT2D eigenvalue weighted by Gasteiger charge is -2.24.